The first-order valence-corrected chi connectivity index (χ1v) is 10.7. The number of carbonyl (C=O) groups is 1. The van der Waals surface area contributed by atoms with Crippen molar-refractivity contribution in [2.24, 2.45) is 0 Å². The number of unbranched alkanes of at least 4 members (excludes halogenated alkanes) is 1. The van der Waals surface area contributed by atoms with E-state index in [0.29, 0.717) is 28.9 Å². The number of rotatable bonds is 7. The lowest BCUT2D eigenvalue weighted by Gasteiger charge is -2.21. The van der Waals surface area contributed by atoms with E-state index in [0.717, 1.165) is 17.0 Å². The summed E-state index contributed by atoms with van der Waals surface area (Å²) in [4.78, 5) is 45.0. The first-order valence-electron chi connectivity index (χ1n) is 9.93. The Balaban J connectivity index is 1.91. The van der Waals surface area contributed by atoms with Crippen LogP contribution in [0, 0.1) is 6.92 Å². The van der Waals surface area contributed by atoms with E-state index in [1.807, 2.05) is 6.92 Å². The predicted octanol–water partition coefficient (Wildman–Crippen LogP) is 3.12. The summed E-state index contributed by atoms with van der Waals surface area (Å²) < 4.78 is 6.93. The number of H-pyrrole nitrogens is 1. The second-order valence-corrected chi connectivity index (χ2v) is 8.07. The molecule has 0 radical (unpaired) electrons. The lowest BCUT2D eigenvalue weighted by Crippen LogP contribution is -2.40. The number of ether oxygens (including phenoxy) is 1. The highest BCUT2D eigenvalue weighted by Gasteiger charge is 2.22. The van der Waals surface area contributed by atoms with E-state index in [1.54, 1.807) is 19.1 Å². The zero-order valence-corrected chi connectivity index (χ0v) is 19.4. The molecule has 0 saturated carbocycles. The maximum Gasteiger partial charge on any atom is 0.330 e. The minimum absolute atomic E-state index is 0.0877. The van der Waals surface area contributed by atoms with Gasteiger partial charge in [-0.25, -0.2) is 9.78 Å². The minimum atomic E-state index is -0.761. The van der Waals surface area contributed by atoms with Crippen molar-refractivity contribution in [3.05, 3.63) is 54.8 Å². The van der Waals surface area contributed by atoms with Crippen LogP contribution in [-0.2, 0) is 11.3 Å². The van der Waals surface area contributed by atoms with Crippen molar-refractivity contribution in [2.75, 3.05) is 24.3 Å². The van der Waals surface area contributed by atoms with Crippen molar-refractivity contribution in [3.63, 3.8) is 0 Å². The fourth-order valence-electron chi connectivity index (χ4n) is 3.22. The lowest BCUT2D eigenvalue weighted by molar-refractivity contribution is -0.120. The van der Waals surface area contributed by atoms with Crippen molar-refractivity contribution in [1.29, 1.82) is 0 Å². The average Bonchev–Trinajstić information content (AvgIpc) is 2.72. The van der Waals surface area contributed by atoms with Gasteiger partial charge in [0.2, 0.25) is 0 Å². The SMILES string of the molecule is CCCCn1c(N)c(N(C)C(=O)COc2c(Cl)cc(Cl)c3ccc(C)nc23)c(=O)[nH]c1=O. The highest BCUT2D eigenvalue weighted by molar-refractivity contribution is 6.39. The molecule has 3 aromatic rings. The van der Waals surface area contributed by atoms with E-state index < -0.39 is 23.8 Å². The van der Waals surface area contributed by atoms with Crippen LogP contribution in [0.5, 0.6) is 5.75 Å². The van der Waals surface area contributed by atoms with Gasteiger partial charge in [-0.2, -0.15) is 0 Å². The standard InChI is InChI=1S/C21H23Cl2N5O4/c1-4-5-8-28-19(24)17(20(30)26-21(28)31)27(3)15(29)10-32-18-14(23)9-13(22)12-7-6-11(2)25-16(12)18/h6-7,9H,4-5,8,10,24H2,1-3H3,(H,26,30,31). The summed E-state index contributed by atoms with van der Waals surface area (Å²) in [6, 6.07) is 5.10. The largest absolute Gasteiger partial charge is 0.480 e. The van der Waals surface area contributed by atoms with Crippen LogP contribution in [0.1, 0.15) is 25.5 Å². The molecule has 2 heterocycles. The Morgan fingerprint density at radius 1 is 1.28 bits per heavy atom. The molecule has 2 aromatic heterocycles. The summed E-state index contributed by atoms with van der Waals surface area (Å²) in [5.41, 5.74) is 5.69. The molecule has 1 amide bonds. The Morgan fingerprint density at radius 3 is 2.69 bits per heavy atom. The lowest BCUT2D eigenvalue weighted by atomic mass is 10.2. The number of aromatic nitrogens is 3. The van der Waals surface area contributed by atoms with Crippen LogP contribution in [0.25, 0.3) is 10.9 Å². The van der Waals surface area contributed by atoms with Crippen LogP contribution in [0.15, 0.2) is 27.8 Å². The molecule has 0 spiro atoms. The number of aryl methyl sites for hydroxylation is 1. The van der Waals surface area contributed by atoms with Crippen LogP contribution in [0.4, 0.5) is 11.5 Å². The third-order valence-corrected chi connectivity index (χ3v) is 5.57. The third kappa shape index (κ3) is 4.58. The molecule has 11 heteroatoms. The number of nitrogens with zero attached hydrogens (tertiary/aromatic N) is 3. The number of hydrogen-bond donors (Lipinski definition) is 2. The average molecular weight is 480 g/mol. The Kier molecular flexibility index (Phi) is 7.10. The third-order valence-electron chi connectivity index (χ3n) is 4.98. The van der Waals surface area contributed by atoms with Gasteiger partial charge in [0.25, 0.3) is 11.5 Å². The van der Waals surface area contributed by atoms with Gasteiger partial charge in [-0.05, 0) is 31.5 Å². The summed E-state index contributed by atoms with van der Waals surface area (Å²) in [5, 5.41) is 1.23. The molecule has 32 heavy (non-hydrogen) atoms. The molecule has 0 aliphatic rings. The molecule has 1 aromatic carbocycles. The monoisotopic (exact) mass is 479 g/mol. The molecule has 0 unspecified atom stereocenters. The predicted molar refractivity (Wildman–Crippen MR) is 126 cm³/mol. The summed E-state index contributed by atoms with van der Waals surface area (Å²) >= 11 is 12.5. The van der Waals surface area contributed by atoms with Gasteiger partial charge in [-0.15, -0.1) is 0 Å². The fraction of sp³-hybridized carbons (Fsp3) is 0.333. The van der Waals surface area contributed by atoms with Crippen LogP contribution in [0.2, 0.25) is 10.0 Å². The number of fused-ring (bicyclic) bond motifs is 1. The number of nitrogens with one attached hydrogen (secondary N) is 1. The number of benzene rings is 1. The Bertz CT molecular complexity index is 1300. The second kappa shape index (κ2) is 9.62. The van der Waals surface area contributed by atoms with E-state index in [9.17, 15) is 14.4 Å². The highest BCUT2D eigenvalue weighted by Crippen LogP contribution is 2.37. The van der Waals surface area contributed by atoms with Crippen molar-refractivity contribution < 1.29 is 9.53 Å². The van der Waals surface area contributed by atoms with Gasteiger partial charge in [0.05, 0.1) is 10.0 Å². The van der Waals surface area contributed by atoms with Crippen LogP contribution >= 0.6 is 23.2 Å². The number of pyridine rings is 1. The van der Waals surface area contributed by atoms with Crippen molar-refractivity contribution >= 4 is 51.5 Å². The van der Waals surface area contributed by atoms with E-state index in [-0.39, 0.29) is 22.3 Å². The second-order valence-electron chi connectivity index (χ2n) is 7.26. The number of nitrogens with two attached hydrogens (primary N) is 1. The number of carbonyl (C=O) groups excluding carboxylic acids is 1. The number of nitrogen functional groups attached to an aromatic ring is 1. The smallest absolute Gasteiger partial charge is 0.330 e. The fourth-order valence-corrected chi connectivity index (χ4v) is 3.79. The zero-order valence-electron chi connectivity index (χ0n) is 17.9. The summed E-state index contributed by atoms with van der Waals surface area (Å²) in [6.45, 7) is 3.64. The summed E-state index contributed by atoms with van der Waals surface area (Å²) in [6.07, 6.45) is 1.51. The van der Waals surface area contributed by atoms with E-state index in [4.69, 9.17) is 33.7 Å². The van der Waals surface area contributed by atoms with Gasteiger partial charge in [-0.1, -0.05) is 36.5 Å². The van der Waals surface area contributed by atoms with Gasteiger partial charge in [0.1, 0.15) is 11.3 Å². The number of aromatic amines is 1. The summed E-state index contributed by atoms with van der Waals surface area (Å²) in [7, 11) is 1.38. The topological polar surface area (TPSA) is 123 Å². The van der Waals surface area contributed by atoms with E-state index in [2.05, 4.69) is 9.97 Å². The molecular weight excluding hydrogens is 457 g/mol. The summed E-state index contributed by atoms with van der Waals surface area (Å²) in [5.74, 6) is -0.462. The van der Waals surface area contributed by atoms with Crippen molar-refractivity contribution in [3.8, 4) is 5.75 Å². The number of amides is 1. The van der Waals surface area contributed by atoms with Crippen LogP contribution < -0.4 is 26.6 Å². The van der Waals surface area contributed by atoms with Gasteiger partial charge >= 0.3 is 5.69 Å². The Hall–Kier alpha value is -3.04. The quantitative estimate of drug-likeness (QED) is 0.536. The van der Waals surface area contributed by atoms with Crippen LogP contribution in [-0.4, -0.2) is 34.1 Å². The molecule has 0 atom stereocenters. The molecule has 3 rings (SSSR count). The normalized spacial score (nSPS) is 11.0. The first-order chi connectivity index (χ1) is 15.1. The maximum atomic E-state index is 12.8. The molecule has 3 N–H and O–H groups in total. The molecular formula is C21H23Cl2N5O4. The number of halogens is 2. The van der Waals surface area contributed by atoms with Crippen molar-refractivity contribution in [1.82, 2.24) is 14.5 Å². The van der Waals surface area contributed by atoms with E-state index >= 15 is 0 Å². The van der Waals surface area contributed by atoms with Gasteiger partial charge in [-0.3, -0.25) is 19.1 Å². The van der Waals surface area contributed by atoms with Gasteiger partial charge < -0.3 is 15.4 Å². The van der Waals surface area contributed by atoms with Crippen LogP contribution in [0.3, 0.4) is 0 Å². The number of hydrogen-bond acceptors (Lipinski definition) is 6. The Morgan fingerprint density at radius 2 is 2.00 bits per heavy atom. The van der Waals surface area contributed by atoms with Crippen molar-refractivity contribution in [2.45, 2.75) is 33.2 Å². The zero-order chi connectivity index (χ0) is 23.6. The molecule has 0 aliphatic carbocycles. The van der Waals surface area contributed by atoms with Gasteiger partial charge in [0.15, 0.2) is 18.0 Å². The highest BCUT2D eigenvalue weighted by atomic mass is 35.5. The molecule has 0 saturated heterocycles. The van der Waals surface area contributed by atoms with Gasteiger partial charge in [0, 0.05) is 24.7 Å². The van der Waals surface area contributed by atoms with E-state index in [1.165, 1.54) is 17.7 Å². The number of likely N-dealkylation sites (N-methyl/N-ethyl adjacent to an activating group) is 1. The molecule has 170 valence electrons. The molecule has 0 aliphatic heterocycles. The minimum Gasteiger partial charge on any atom is -0.480 e. The molecule has 0 fully saturated rings. The first kappa shape index (κ1) is 23.6. The maximum absolute atomic E-state index is 12.8. The molecule has 0 bridgehead atoms. The molecule has 9 nitrogen and oxygen atoms in total. The Labute approximate surface area is 193 Å². The number of anilines is 2.